The van der Waals surface area contributed by atoms with Gasteiger partial charge in [0.15, 0.2) is 0 Å². The summed E-state index contributed by atoms with van der Waals surface area (Å²) >= 11 is 0. The normalized spacial score (nSPS) is 12.2. The van der Waals surface area contributed by atoms with Crippen LogP contribution in [0.3, 0.4) is 0 Å². The third-order valence-electron chi connectivity index (χ3n) is 3.15. The molecule has 0 spiro atoms. The summed E-state index contributed by atoms with van der Waals surface area (Å²) in [6.07, 6.45) is -0.357. The van der Waals surface area contributed by atoms with Crippen molar-refractivity contribution in [2.45, 2.75) is 6.10 Å². The fraction of sp³-hybridized carbons (Fsp3) is 0.125. The molecule has 0 amide bonds. The summed E-state index contributed by atoms with van der Waals surface area (Å²) in [5, 5.41) is 4.02. The van der Waals surface area contributed by atoms with Crippen LogP contribution in [0.4, 0.5) is 5.69 Å². The lowest BCUT2D eigenvalue weighted by Gasteiger charge is -2.10. The summed E-state index contributed by atoms with van der Waals surface area (Å²) in [5.41, 5.74) is 8.18. The molecule has 1 unspecified atom stereocenters. The van der Waals surface area contributed by atoms with Crippen molar-refractivity contribution in [1.29, 1.82) is 0 Å². The van der Waals surface area contributed by atoms with Gasteiger partial charge < -0.3 is 15.0 Å². The Bertz CT molecular complexity index is 725. The summed E-state index contributed by atoms with van der Waals surface area (Å²) in [4.78, 5) is 4.41. The average Bonchev–Trinajstić information content (AvgIpc) is 2.99. The predicted molar refractivity (Wildman–Crippen MR) is 79.4 cm³/mol. The first-order valence-corrected chi connectivity index (χ1v) is 6.55. The number of benzene rings is 2. The fourth-order valence-electron chi connectivity index (χ4n) is 2.15. The number of nitrogen functional groups attached to an aromatic ring is 1. The van der Waals surface area contributed by atoms with Crippen LogP contribution in [0.5, 0.6) is 0 Å². The van der Waals surface area contributed by atoms with E-state index in [0.29, 0.717) is 17.4 Å². The van der Waals surface area contributed by atoms with Crippen LogP contribution >= 0.6 is 0 Å². The molecule has 1 aromatic heterocycles. The summed E-state index contributed by atoms with van der Waals surface area (Å²) in [7, 11) is 1.62. The number of methoxy groups -OCH3 is 1. The van der Waals surface area contributed by atoms with Crippen LogP contribution in [0.2, 0.25) is 0 Å². The average molecular weight is 281 g/mol. The second kappa shape index (κ2) is 5.76. The summed E-state index contributed by atoms with van der Waals surface area (Å²) in [6, 6.07) is 17.1. The lowest BCUT2D eigenvalue weighted by Crippen LogP contribution is -2.05. The van der Waals surface area contributed by atoms with Crippen LogP contribution in [0, 0.1) is 0 Å². The van der Waals surface area contributed by atoms with E-state index < -0.39 is 0 Å². The van der Waals surface area contributed by atoms with Gasteiger partial charge in [-0.1, -0.05) is 41.6 Å². The molecule has 2 N–H and O–H groups in total. The van der Waals surface area contributed by atoms with Gasteiger partial charge in [0, 0.05) is 18.4 Å². The van der Waals surface area contributed by atoms with Gasteiger partial charge in [0.2, 0.25) is 5.82 Å². The van der Waals surface area contributed by atoms with Crippen molar-refractivity contribution in [3.05, 3.63) is 66.0 Å². The molecule has 0 aliphatic heterocycles. The Morgan fingerprint density at radius 1 is 1.10 bits per heavy atom. The Kier molecular flexibility index (Phi) is 3.66. The highest BCUT2D eigenvalue weighted by Gasteiger charge is 2.20. The first kappa shape index (κ1) is 13.3. The minimum Gasteiger partial charge on any atom is -0.399 e. The summed E-state index contributed by atoms with van der Waals surface area (Å²) < 4.78 is 10.8. The maximum absolute atomic E-state index is 5.77. The van der Waals surface area contributed by atoms with Gasteiger partial charge in [0.05, 0.1) is 0 Å². The molecule has 21 heavy (non-hydrogen) atoms. The minimum atomic E-state index is -0.357. The van der Waals surface area contributed by atoms with Crippen molar-refractivity contribution in [3.8, 4) is 11.5 Å². The van der Waals surface area contributed by atoms with Gasteiger partial charge in [-0.15, -0.1) is 0 Å². The van der Waals surface area contributed by atoms with Gasteiger partial charge in [-0.25, -0.2) is 0 Å². The van der Waals surface area contributed by atoms with Crippen LogP contribution in [-0.2, 0) is 4.74 Å². The van der Waals surface area contributed by atoms with Gasteiger partial charge >= 0.3 is 0 Å². The molecule has 0 fully saturated rings. The number of nitrogens with zero attached hydrogens (tertiary/aromatic N) is 2. The van der Waals surface area contributed by atoms with Crippen LogP contribution in [0.25, 0.3) is 11.5 Å². The van der Waals surface area contributed by atoms with Gasteiger partial charge in [0.25, 0.3) is 5.89 Å². The second-order valence-corrected chi connectivity index (χ2v) is 4.61. The van der Waals surface area contributed by atoms with E-state index in [1.54, 1.807) is 13.2 Å². The Morgan fingerprint density at radius 3 is 2.62 bits per heavy atom. The lowest BCUT2D eigenvalue weighted by atomic mass is 10.1. The standard InChI is InChI=1S/C16H15N3O2/c1-20-14(11-6-3-2-4-7-11)15-18-16(21-19-15)12-8-5-9-13(17)10-12/h2-10,14H,17H2,1H3. The van der Waals surface area contributed by atoms with Crippen LogP contribution < -0.4 is 5.73 Å². The molecule has 0 saturated carbocycles. The Hall–Kier alpha value is -2.66. The highest BCUT2D eigenvalue weighted by molar-refractivity contribution is 5.59. The van der Waals surface area contributed by atoms with E-state index in [0.717, 1.165) is 11.1 Å². The zero-order valence-corrected chi connectivity index (χ0v) is 11.6. The molecule has 0 saturated heterocycles. The Balaban J connectivity index is 1.94. The van der Waals surface area contributed by atoms with E-state index in [1.807, 2.05) is 48.5 Å². The summed E-state index contributed by atoms with van der Waals surface area (Å²) in [6.45, 7) is 0. The molecule has 0 aliphatic carbocycles. The maximum Gasteiger partial charge on any atom is 0.258 e. The summed E-state index contributed by atoms with van der Waals surface area (Å²) in [5.74, 6) is 0.913. The first-order chi connectivity index (χ1) is 10.3. The van der Waals surface area contributed by atoms with E-state index in [1.165, 1.54) is 0 Å². The fourth-order valence-corrected chi connectivity index (χ4v) is 2.15. The van der Waals surface area contributed by atoms with E-state index in [4.69, 9.17) is 15.0 Å². The van der Waals surface area contributed by atoms with Gasteiger partial charge in [-0.3, -0.25) is 0 Å². The van der Waals surface area contributed by atoms with E-state index in [9.17, 15) is 0 Å². The number of rotatable bonds is 4. The van der Waals surface area contributed by atoms with Gasteiger partial charge in [-0.05, 0) is 23.8 Å². The van der Waals surface area contributed by atoms with E-state index in [-0.39, 0.29) is 6.10 Å². The zero-order valence-electron chi connectivity index (χ0n) is 11.6. The molecule has 3 aromatic rings. The van der Waals surface area contributed by atoms with Crippen molar-refractivity contribution < 1.29 is 9.26 Å². The molecule has 2 aromatic carbocycles. The van der Waals surface area contributed by atoms with Crippen LogP contribution in [-0.4, -0.2) is 17.3 Å². The highest BCUT2D eigenvalue weighted by Crippen LogP contribution is 2.26. The zero-order chi connectivity index (χ0) is 14.7. The molecule has 1 heterocycles. The smallest absolute Gasteiger partial charge is 0.258 e. The Labute approximate surface area is 122 Å². The van der Waals surface area contributed by atoms with Gasteiger partial charge in [-0.2, -0.15) is 4.98 Å². The molecule has 0 radical (unpaired) electrons. The molecular weight excluding hydrogens is 266 g/mol. The highest BCUT2D eigenvalue weighted by atomic mass is 16.5. The Morgan fingerprint density at radius 2 is 1.90 bits per heavy atom. The third-order valence-corrected chi connectivity index (χ3v) is 3.15. The van der Waals surface area contributed by atoms with Crippen LogP contribution in [0.1, 0.15) is 17.5 Å². The molecular formula is C16H15N3O2. The lowest BCUT2D eigenvalue weighted by molar-refractivity contribution is 0.126. The van der Waals surface area contributed by atoms with Crippen molar-refractivity contribution in [1.82, 2.24) is 10.1 Å². The largest absolute Gasteiger partial charge is 0.399 e. The minimum absolute atomic E-state index is 0.357. The number of nitrogens with two attached hydrogens (primary N) is 1. The maximum atomic E-state index is 5.77. The topological polar surface area (TPSA) is 74.2 Å². The van der Waals surface area contributed by atoms with E-state index >= 15 is 0 Å². The number of anilines is 1. The van der Waals surface area contributed by atoms with Crippen molar-refractivity contribution in [3.63, 3.8) is 0 Å². The van der Waals surface area contributed by atoms with E-state index in [2.05, 4.69) is 10.1 Å². The molecule has 5 heteroatoms. The van der Waals surface area contributed by atoms with Crippen LogP contribution in [0.15, 0.2) is 59.1 Å². The quantitative estimate of drug-likeness (QED) is 0.744. The van der Waals surface area contributed by atoms with Crippen molar-refractivity contribution in [2.24, 2.45) is 0 Å². The molecule has 0 aliphatic rings. The number of hydrogen-bond donors (Lipinski definition) is 1. The third kappa shape index (κ3) is 2.78. The number of hydrogen-bond acceptors (Lipinski definition) is 5. The number of ether oxygens (including phenoxy) is 1. The molecule has 5 nitrogen and oxygen atoms in total. The van der Waals surface area contributed by atoms with Gasteiger partial charge in [0.1, 0.15) is 6.10 Å². The molecule has 1 atom stereocenters. The molecule has 3 rings (SSSR count). The molecule has 106 valence electrons. The first-order valence-electron chi connectivity index (χ1n) is 6.55. The number of aromatic nitrogens is 2. The second-order valence-electron chi connectivity index (χ2n) is 4.61. The van der Waals surface area contributed by atoms with Crippen molar-refractivity contribution >= 4 is 5.69 Å². The predicted octanol–water partition coefficient (Wildman–Crippen LogP) is 3.05. The SMILES string of the molecule is COC(c1ccccc1)c1noc(-c2cccc(N)c2)n1. The molecule has 0 bridgehead atoms. The van der Waals surface area contributed by atoms with Crippen molar-refractivity contribution in [2.75, 3.05) is 12.8 Å². The monoisotopic (exact) mass is 281 g/mol.